The molecule has 0 aliphatic carbocycles. The van der Waals surface area contributed by atoms with E-state index < -0.39 is 0 Å². The van der Waals surface area contributed by atoms with Crippen LogP contribution in [0.2, 0.25) is 0 Å². The number of rotatable bonds is 3. The Morgan fingerprint density at radius 1 is 1.11 bits per heavy atom. The van der Waals surface area contributed by atoms with Crippen molar-refractivity contribution in [3.05, 3.63) is 28.8 Å². The van der Waals surface area contributed by atoms with Crippen molar-refractivity contribution in [2.24, 2.45) is 0 Å². The Morgan fingerprint density at radius 2 is 1.58 bits per heavy atom. The number of ether oxygens (including phenoxy) is 3. The molecule has 1 N–H and O–H groups in total. The Bertz CT molecular complexity index is 364. The third kappa shape index (κ3) is 5.19. The van der Waals surface area contributed by atoms with Crippen LogP contribution in [0.25, 0.3) is 0 Å². The van der Waals surface area contributed by atoms with Gasteiger partial charge in [0.1, 0.15) is 12.4 Å². The zero-order valence-electron chi connectivity index (χ0n) is 12.6. The summed E-state index contributed by atoms with van der Waals surface area (Å²) in [5.74, 6) is 0.949. The van der Waals surface area contributed by atoms with Gasteiger partial charge in [-0.15, -0.1) is 0 Å². The molecule has 2 rings (SSSR count). The smallest absolute Gasteiger partial charge is 0.191 e. The lowest BCUT2D eigenvalue weighted by Gasteiger charge is -2.15. The lowest BCUT2D eigenvalue weighted by Crippen LogP contribution is -2.19. The summed E-state index contributed by atoms with van der Waals surface area (Å²) >= 11 is 0. The van der Waals surface area contributed by atoms with Crippen molar-refractivity contribution in [1.29, 1.82) is 0 Å². The Morgan fingerprint density at radius 3 is 2.05 bits per heavy atom. The molecule has 0 unspecified atom stereocenters. The van der Waals surface area contributed by atoms with Gasteiger partial charge in [0.05, 0.1) is 13.2 Å². The Labute approximate surface area is 116 Å². The molecule has 1 saturated heterocycles. The van der Waals surface area contributed by atoms with E-state index in [0.29, 0.717) is 19.8 Å². The number of aryl methyl sites for hydroxylation is 3. The highest BCUT2D eigenvalue weighted by Crippen LogP contribution is 2.25. The van der Waals surface area contributed by atoms with Crippen LogP contribution in [-0.2, 0) is 9.47 Å². The highest BCUT2D eigenvalue weighted by Gasteiger charge is 2.17. The molecule has 1 heterocycles. The molecule has 4 nitrogen and oxygen atoms in total. The molecule has 1 aromatic rings. The van der Waals surface area contributed by atoms with E-state index in [1.165, 1.54) is 5.56 Å². The minimum absolute atomic E-state index is 0.208. The van der Waals surface area contributed by atoms with Gasteiger partial charge >= 0.3 is 0 Å². The van der Waals surface area contributed by atoms with E-state index in [4.69, 9.17) is 14.2 Å². The molecule has 19 heavy (non-hydrogen) atoms. The van der Waals surface area contributed by atoms with Crippen LogP contribution >= 0.6 is 0 Å². The van der Waals surface area contributed by atoms with Crippen LogP contribution in [0.1, 0.15) is 16.7 Å². The molecule has 0 radical (unpaired) electrons. The highest BCUT2D eigenvalue weighted by atomic mass is 16.7. The number of nitrogens with one attached hydrogen (secondary N) is 1. The van der Waals surface area contributed by atoms with Gasteiger partial charge in [-0.25, -0.2) is 0 Å². The van der Waals surface area contributed by atoms with Gasteiger partial charge in [-0.3, -0.25) is 0 Å². The Hall–Kier alpha value is -1.10. The van der Waals surface area contributed by atoms with Crippen molar-refractivity contribution in [3.8, 4) is 5.75 Å². The molecule has 0 aromatic heterocycles. The maximum absolute atomic E-state index is 5.76. The molecule has 0 spiro atoms. The summed E-state index contributed by atoms with van der Waals surface area (Å²) in [6.45, 7) is 8.01. The minimum Gasteiger partial charge on any atom is -0.488 e. The van der Waals surface area contributed by atoms with Gasteiger partial charge in [0.25, 0.3) is 0 Å². The van der Waals surface area contributed by atoms with Gasteiger partial charge in [0.15, 0.2) is 6.29 Å². The molecule has 4 heteroatoms. The fraction of sp³-hybridized carbons (Fsp3) is 0.600. The van der Waals surface area contributed by atoms with Gasteiger partial charge in [-0.05, 0) is 46.0 Å². The third-order valence-corrected chi connectivity index (χ3v) is 2.66. The lowest BCUT2D eigenvalue weighted by molar-refractivity contribution is -0.0686. The predicted octanol–water partition coefficient (Wildman–Crippen LogP) is 2.20. The van der Waals surface area contributed by atoms with Gasteiger partial charge in [0, 0.05) is 0 Å². The first-order valence-electron chi connectivity index (χ1n) is 6.60. The average Bonchev–Trinajstić information content (AvgIpc) is 2.81. The second kappa shape index (κ2) is 8.15. The Kier molecular flexibility index (Phi) is 6.84. The summed E-state index contributed by atoms with van der Waals surface area (Å²) in [5.41, 5.74) is 3.58. The second-order valence-electron chi connectivity index (χ2n) is 4.71. The molecule has 1 aromatic carbocycles. The zero-order valence-corrected chi connectivity index (χ0v) is 12.6. The summed E-state index contributed by atoms with van der Waals surface area (Å²) in [7, 11) is 3.75. The monoisotopic (exact) mass is 267 g/mol. The van der Waals surface area contributed by atoms with Crippen LogP contribution in [0.4, 0.5) is 0 Å². The molecule has 1 aliphatic heterocycles. The van der Waals surface area contributed by atoms with Crippen molar-refractivity contribution in [3.63, 3.8) is 0 Å². The van der Waals surface area contributed by atoms with Crippen molar-refractivity contribution in [2.75, 3.05) is 33.9 Å². The van der Waals surface area contributed by atoms with E-state index in [0.717, 1.165) is 16.9 Å². The van der Waals surface area contributed by atoms with Crippen LogP contribution in [0.15, 0.2) is 12.1 Å². The molecule has 0 amide bonds. The van der Waals surface area contributed by atoms with Crippen molar-refractivity contribution in [1.82, 2.24) is 5.32 Å². The van der Waals surface area contributed by atoms with E-state index in [1.54, 1.807) is 0 Å². The highest BCUT2D eigenvalue weighted by molar-refractivity contribution is 5.42. The normalized spacial score (nSPS) is 15.0. The fourth-order valence-electron chi connectivity index (χ4n) is 2.05. The van der Waals surface area contributed by atoms with Gasteiger partial charge in [-0.2, -0.15) is 0 Å². The summed E-state index contributed by atoms with van der Waals surface area (Å²) in [4.78, 5) is 0. The largest absolute Gasteiger partial charge is 0.488 e. The van der Waals surface area contributed by atoms with E-state index in [9.17, 15) is 0 Å². The summed E-state index contributed by atoms with van der Waals surface area (Å²) in [6, 6.07) is 4.25. The quantitative estimate of drug-likeness (QED) is 0.911. The topological polar surface area (TPSA) is 39.7 Å². The zero-order chi connectivity index (χ0) is 14.3. The second-order valence-corrected chi connectivity index (χ2v) is 4.71. The molecular formula is C15H25NO3. The summed E-state index contributed by atoms with van der Waals surface area (Å²) in [6.07, 6.45) is -0.208. The number of hydrogen-bond donors (Lipinski definition) is 1. The summed E-state index contributed by atoms with van der Waals surface area (Å²) in [5, 5.41) is 2.75. The molecule has 1 aliphatic rings. The molecule has 0 saturated carbocycles. The van der Waals surface area contributed by atoms with E-state index >= 15 is 0 Å². The molecule has 1 fully saturated rings. The van der Waals surface area contributed by atoms with Crippen molar-refractivity contribution in [2.45, 2.75) is 27.1 Å². The maximum atomic E-state index is 5.76. The van der Waals surface area contributed by atoms with Crippen LogP contribution in [0.3, 0.4) is 0 Å². The van der Waals surface area contributed by atoms with Crippen LogP contribution in [0, 0.1) is 20.8 Å². The van der Waals surface area contributed by atoms with Crippen molar-refractivity contribution >= 4 is 0 Å². The minimum atomic E-state index is -0.208. The number of hydrogen-bond acceptors (Lipinski definition) is 4. The maximum Gasteiger partial charge on any atom is 0.191 e. The standard InChI is InChI=1S/C13H18O3.C2H7N/c1-9-6-10(2)13(11(3)7-9)16-8-12-14-4-5-15-12;1-3-2/h6-7,12H,4-5,8H2,1-3H3;3H,1-2H3. The lowest BCUT2D eigenvalue weighted by atomic mass is 10.1. The van der Waals surface area contributed by atoms with E-state index in [-0.39, 0.29) is 6.29 Å². The van der Waals surface area contributed by atoms with Crippen LogP contribution in [0.5, 0.6) is 5.75 Å². The van der Waals surface area contributed by atoms with Gasteiger partial charge in [-0.1, -0.05) is 17.7 Å². The first-order chi connectivity index (χ1) is 9.08. The van der Waals surface area contributed by atoms with Crippen LogP contribution in [-0.4, -0.2) is 40.2 Å². The first-order valence-corrected chi connectivity index (χ1v) is 6.60. The molecule has 0 atom stereocenters. The predicted molar refractivity (Wildman–Crippen MR) is 76.8 cm³/mol. The molecule has 108 valence electrons. The van der Waals surface area contributed by atoms with Gasteiger partial charge in [0.2, 0.25) is 0 Å². The SMILES string of the molecule is CNC.Cc1cc(C)c(OCC2OCCO2)c(C)c1. The van der Waals surface area contributed by atoms with Crippen molar-refractivity contribution < 1.29 is 14.2 Å². The Balaban J connectivity index is 0.000000550. The first kappa shape index (κ1) is 16.0. The molecular weight excluding hydrogens is 242 g/mol. The average molecular weight is 267 g/mol. The van der Waals surface area contributed by atoms with Gasteiger partial charge < -0.3 is 19.5 Å². The third-order valence-electron chi connectivity index (χ3n) is 2.66. The molecule has 0 bridgehead atoms. The van der Waals surface area contributed by atoms with E-state index in [1.807, 2.05) is 14.1 Å². The van der Waals surface area contributed by atoms with Crippen LogP contribution < -0.4 is 10.1 Å². The fourth-order valence-corrected chi connectivity index (χ4v) is 2.05. The number of benzene rings is 1. The van der Waals surface area contributed by atoms with E-state index in [2.05, 4.69) is 38.2 Å². The summed E-state index contributed by atoms with van der Waals surface area (Å²) < 4.78 is 16.4.